The van der Waals surface area contributed by atoms with Gasteiger partial charge in [0.25, 0.3) is 5.91 Å². The minimum atomic E-state index is -1.36. The summed E-state index contributed by atoms with van der Waals surface area (Å²) in [5, 5.41) is 10.7. The zero-order chi connectivity index (χ0) is 10.9. The molecule has 0 bridgehead atoms. The van der Waals surface area contributed by atoms with Crippen molar-refractivity contribution in [2.45, 2.75) is 25.2 Å². The van der Waals surface area contributed by atoms with Crippen LogP contribution in [0.3, 0.4) is 0 Å². The number of aliphatic hydroxyl groups excluding tert-OH is 1. The second-order valence-corrected chi connectivity index (χ2v) is 2.91. The van der Waals surface area contributed by atoms with Gasteiger partial charge in [0, 0.05) is 0 Å². The molecule has 2 amide bonds. The number of ether oxygens (including phenoxy) is 1. The van der Waals surface area contributed by atoms with Crippen LogP contribution >= 0.6 is 0 Å². The van der Waals surface area contributed by atoms with E-state index in [1.807, 2.05) is 5.32 Å². The number of nitrogens with two attached hydrogens (primary N) is 1. The number of amides is 2. The third-order valence-electron chi connectivity index (χ3n) is 1.72. The van der Waals surface area contributed by atoms with Crippen molar-refractivity contribution in [2.75, 3.05) is 0 Å². The van der Waals surface area contributed by atoms with Crippen molar-refractivity contribution < 1.29 is 24.2 Å². The van der Waals surface area contributed by atoms with Gasteiger partial charge in [-0.3, -0.25) is 14.9 Å². The van der Waals surface area contributed by atoms with Crippen molar-refractivity contribution in [3.63, 3.8) is 0 Å². The van der Waals surface area contributed by atoms with Crippen LogP contribution in [0.5, 0.6) is 0 Å². The Morgan fingerprint density at radius 2 is 2.14 bits per heavy atom. The van der Waals surface area contributed by atoms with E-state index < -0.39 is 36.0 Å². The first kappa shape index (κ1) is 10.6. The smallest absolute Gasteiger partial charge is 0.335 e. The fourth-order valence-electron chi connectivity index (χ4n) is 0.927. The first-order valence-electron chi connectivity index (χ1n) is 3.92. The molecule has 1 aliphatic rings. The average molecular weight is 202 g/mol. The molecule has 0 spiro atoms. The van der Waals surface area contributed by atoms with Gasteiger partial charge < -0.3 is 15.6 Å². The highest BCUT2D eigenvalue weighted by Gasteiger charge is 2.42. The normalized spacial score (nSPS) is 28.5. The van der Waals surface area contributed by atoms with Crippen LogP contribution in [-0.4, -0.2) is 41.1 Å². The predicted octanol–water partition coefficient (Wildman–Crippen LogP) is -2.74. The number of esters is 1. The standard InChI is InChI=1S/C7H10N2O5/c1-2(10)7(13)14-4-3(8)5(11)9-6(4)12/h2-4,10H,8H2,1H3,(H,9,11,12). The molecule has 7 nitrogen and oxygen atoms in total. The van der Waals surface area contributed by atoms with E-state index in [2.05, 4.69) is 4.74 Å². The largest absolute Gasteiger partial charge is 0.448 e. The van der Waals surface area contributed by atoms with Crippen LogP contribution in [0, 0.1) is 0 Å². The molecule has 3 unspecified atom stereocenters. The van der Waals surface area contributed by atoms with E-state index >= 15 is 0 Å². The summed E-state index contributed by atoms with van der Waals surface area (Å²) in [6.07, 6.45) is -2.70. The molecule has 1 aliphatic heterocycles. The van der Waals surface area contributed by atoms with Crippen LogP contribution in [0.15, 0.2) is 0 Å². The third kappa shape index (κ3) is 1.88. The number of hydrogen-bond donors (Lipinski definition) is 3. The maximum absolute atomic E-state index is 11.0. The Kier molecular flexibility index (Phi) is 2.82. The number of aliphatic hydroxyl groups is 1. The zero-order valence-corrected chi connectivity index (χ0v) is 7.39. The van der Waals surface area contributed by atoms with E-state index in [0.29, 0.717) is 0 Å². The lowest BCUT2D eigenvalue weighted by molar-refractivity contribution is -0.162. The molecule has 0 radical (unpaired) electrons. The summed E-state index contributed by atoms with van der Waals surface area (Å²) in [5.74, 6) is -2.45. The van der Waals surface area contributed by atoms with E-state index in [1.54, 1.807) is 0 Å². The molecule has 1 rings (SSSR count). The Hall–Kier alpha value is -1.47. The molecule has 0 aliphatic carbocycles. The van der Waals surface area contributed by atoms with E-state index in [0.717, 1.165) is 0 Å². The predicted molar refractivity (Wildman–Crippen MR) is 42.7 cm³/mol. The number of nitrogens with one attached hydrogen (secondary N) is 1. The van der Waals surface area contributed by atoms with Crippen molar-refractivity contribution in [3.05, 3.63) is 0 Å². The molecular formula is C7H10N2O5. The van der Waals surface area contributed by atoms with Gasteiger partial charge in [-0.2, -0.15) is 0 Å². The van der Waals surface area contributed by atoms with E-state index in [-0.39, 0.29) is 0 Å². The quantitative estimate of drug-likeness (QED) is 0.330. The van der Waals surface area contributed by atoms with Crippen molar-refractivity contribution in [1.82, 2.24) is 5.32 Å². The molecule has 1 fully saturated rings. The lowest BCUT2D eigenvalue weighted by Gasteiger charge is -2.13. The first-order valence-corrected chi connectivity index (χ1v) is 3.92. The minimum absolute atomic E-state index is 0.696. The van der Waals surface area contributed by atoms with Gasteiger partial charge in [0.15, 0.2) is 0 Å². The first-order chi connectivity index (χ1) is 6.43. The molecular weight excluding hydrogens is 192 g/mol. The SMILES string of the molecule is CC(O)C(=O)OC1C(=O)NC(=O)C1N. The highest BCUT2D eigenvalue weighted by molar-refractivity contribution is 6.09. The summed E-state index contributed by atoms with van der Waals surface area (Å²) >= 11 is 0. The van der Waals surface area contributed by atoms with Crippen molar-refractivity contribution >= 4 is 17.8 Å². The summed E-state index contributed by atoms with van der Waals surface area (Å²) in [6.45, 7) is 1.18. The zero-order valence-electron chi connectivity index (χ0n) is 7.39. The summed E-state index contributed by atoms with van der Waals surface area (Å²) < 4.78 is 4.52. The second-order valence-electron chi connectivity index (χ2n) is 2.91. The van der Waals surface area contributed by atoms with Crippen LogP contribution in [0.4, 0.5) is 0 Å². The molecule has 14 heavy (non-hydrogen) atoms. The molecule has 1 heterocycles. The van der Waals surface area contributed by atoms with Gasteiger partial charge in [0.05, 0.1) is 0 Å². The molecule has 0 aromatic heterocycles. The van der Waals surface area contributed by atoms with Crippen molar-refractivity contribution in [3.8, 4) is 0 Å². The van der Waals surface area contributed by atoms with Crippen LogP contribution in [0.2, 0.25) is 0 Å². The van der Waals surface area contributed by atoms with Gasteiger partial charge in [-0.15, -0.1) is 0 Å². The number of carbonyl (C=O) groups is 3. The lowest BCUT2D eigenvalue weighted by atomic mass is 10.2. The van der Waals surface area contributed by atoms with Gasteiger partial charge in [-0.05, 0) is 6.92 Å². The summed E-state index contributed by atoms with van der Waals surface area (Å²) in [4.78, 5) is 32.7. The number of hydrogen-bond acceptors (Lipinski definition) is 6. The summed E-state index contributed by atoms with van der Waals surface area (Å²) in [7, 11) is 0. The Labute approximate surface area is 79.2 Å². The van der Waals surface area contributed by atoms with Gasteiger partial charge in [-0.1, -0.05) is 0 Å². The maximum atomic E-state index is 11.0. The van der Waals surface area contributed by atoms with Gasteiger partial charge in [0.1, 0.15) is 12.1 Å². The fourth-order valence-corrected chi connectivity index (χ4v) is 0.927. The van der Waals surface area contributed by atoms with Gasteiger partial charge >= 0.3 is 5.97 Å². The monoisotopic (exact) mass is 202 g/mol. The highest BCUT2D eigenvalue weighted by atomic mass is 16.6. The number of rotatable bonds is 2. The molecule has 0 aromatic carbocycles. The molecule has 7 heteroatoms. The molecule has 1 saturated heterocycles. The highest BCUT2D eigenvalue weighted by Crippen LogP contribution is 2.06. The Balaban J connectivity index is 2.65. The fraction of sp³-hybridized carbons (Fsp3) is 0.571. The van der Waals surface area contributed by atoms with E-state index in [1.165, 1.54) is 6.92 Å². The number of imide groups is 1. The topological polar surface area (TPSA) is 119 Å². The summed E-state index contributed by atoms with van der Waals surface area (Å²) in [5.41, 5.74) is 5.27. The van der Waals surface area contributed by atoms with Crippen molar-refractivity contribution in [1.29, 1.82) is 0 Å². The Morgan fingerprint density at radius 1 is 1.57 bits per heavy atom. The minimum Gasteiger partial charge on any atom is -0.448 e. The molecule has 3 atom stereocenters. The summed E-state index contributed by atoms with van der Waals surface area (Å²) in [6, 6.07) is -1.20. The van der Waals surface area contributed by atoms with Crippen LogP contribution in [0.1, 0.15) is 6.92 Å². The maximum Gasteiger partial charge on any atom is 0.335 e. The number of carbonyl (C=O) groups excluding carboxylic acids is 3. The molecule has 0 saturated carbocycles. The van der Waals surface area contributed by atoms with E-state index in [9.17, 15) is 14.4 Å². The second kappa shape index (κ2) is 3.72. The molecule has 4 N–H and O–H groups in total. The average Bonchev–Trinajstić information content (AvgIpc) is 2.32. The van der Waals surface area contributed by atoms with Crippen LogP contribution in [0.25, 0.3) is 0 Å². The Morgan fingerprint density at radius 3 is 2.50 bits per heavy atom. The molecule has 0 aromatic rings. The van der Waals surface area contributed by atoms with Crippen LogP contribution < -0.4 is 11.1 Å². The van der Waals surface area contributed by atoms with Crippen LogP contribution in [-0.2, 0) is 19.1 Å². The molecule has 78 valence electrons. The third-order valence-corrected chi connectivity index (χ3v) is 1.72. The van der Waals surface area contributed by atoms with Gasteiger partial charge in [0.2, 0.25) is 12.0 Å². The lowest BCUT2D eigenvalue weighted by Crippen LogP contribution is -2.42. The van der Waals surface area contributed by atoms with Gasteiger partial charge in [-0.25, -0.2) is 4.79 Å². The van der Waals surface area contributed by atoms with E-state index in [4.69, 9.17) is 10.8 Å². The Bertz CT molecular complexity index is 288. The van der Waals surface area contributed by atoms with Crippen molar-refractivity contribution in [2.24, 2.45) is 5.73 Å².